The summed E-state index contributed by atoms with van der Waals surface area (Å²) in [6.45, 7) is 4.34. The van der Waals surface area contributed by atoms with E-state index < -0.39 is 0 Å². The number of anilines is 1. The SMILES string of the molecule is C=CC(=O)N1C[C@@H](Nc2ncnc3[nH]ccc23)[C@H]2CC[C@@H]1C2. The fourth-order valence-electron chi connectivity index (χ4n) is 3.86. The molecule has 3 heterocycles. The maximum atomic E-state index is 12.1. The molecule has 22 heavy (non-hydrogen) atoms. The Balaban J connectivity index is 1.60. The van der Waals surface area contributed by atoms with E-state index in [1.807, 2.05) is 17.2 Å². The van der Waals surface area contributed by atoms with Crippen LogP contribution in [0.15, 0.2) is 31.2 Å². The summed E-state index contributed by atoms with van der Waals surface area (Å²) < 4.78 is 0. The molecule has 3 atom stereocenters. The van der Waals surface area contributed by atoms with E-state index in [2.05, 4.69) is 26.8 Å². The summed E-state index contributed by atoms with van der Waals surface area (Å²) in [7, 11) is 0. The lowest BCUT2D eigenvalue weighted by molar-refractivity contribution is -0.129. The van der Waals surface area contributed by atoms with E-state index in [9.17, 15) is 4.79 Å². The van der Waals surface area contributed by atoms with E-state index in [0.29, 0.717) is 12.0 Å². The lowest BCUT2D eigenvalue weighted by Gasteiger charge is -2.38. The highest BCUT2D eigenvalue weighted by Gasteiger charge is 2.41. The van der Waals surface area contributed by atoms with Crippen molar-refractivity contribution in [1.82, 2.24) is 19.9 Å². The number of aromatic nitrogens is 3. The highest BCUT2D eigenvalue weighted by molar-refractivity contribution is 5.88. The quantitative estimate of drug-likeness (QED) is 0.849. The molecule has 1 aliphatic heterocycles. The van der Waals surface area contributed by atoms with Gasteiger partial charge in [0.15, 0.2) is 0 Å². The first kappa shape index (κ1) is 13.3. The molecule has 2 aromatic rings. The van der Waals surface area contributed by atoms with Crippen LogP contribution in [-0.2, 0) is 4.79 Å². The molecule has 114 valence electrons. The van der Waals surface area contributed by atoms with Crippen LogP contribution in [0.25, 0.3) is 11.0 Å². The first-order valence-corrected chi connectivity index (χ1v) is 7.74. The van der Waals surface area contributed by atoms with Gasteiger partial charge >= 0.3 is 0 Å². The Bertz CT molecular complexity index is 724. The first-order valence-electron chi connectivity index (χ1n) is 7.74. The second-order valence-electron chi connectivity index (χ2n) is 6.13. The topological polar surface area (TPSA) is 73.9 Å². The van der Waals surface area contributed by atoms with Crippen LogP contribution in [0.1, 0.15) is 19.3 Å². The van der Waals surface area contributed by atoms with E-state index in [1.165, 1.54) is 6.08 Å². The number of H-pyrrole nitrogens is 1. The minimum absolute atomic E-state index is 0.0339. The second-order valence-corrected chi connectivity index (χ2v) is 6.13. The highest BCUT2D eigenvalue weighted by Crippen LogP contribution is 2.38. The molecular formula is C16H19N5O. The normalized spacial score (nSPS) is 27.1. The van der Waals surface area contributed by atoms with Crippen molar-refractivity contribution in [3.63, 3.8) is 0 Å². The highest BCUT2D eigenvalue weighted by atomic mass is 16.2. The Morgan fingerprint density at radius 3 is 3.23 bits per heavy atom. The Hall–Kier alpha value is -2.37. The summed E-state index contributed by atoms with van der Waals surface area (Å²) in [5.41, 5.74) is 0.830. The van der Waals surface area contributed by atoms with E-state index in [0.717, 1.165) is 42.7 Å². The molecule has 1 aliphatic carbocycles. The minimum atomic E-state index is 0.0339. The molecule has 4 rings (SSSR count). The van der Waals surface area contributed by atoms with Gasteiger partial charge in [-0.1, -0.05) is 6.58 Å². The van der Waals surface area contributed by atoms with Gasteiger partial charge in [0.25, 0.3) is 0 Å². The van der Waals surface area contributed by atoms with Crippen molar-refractivity contribution in [2.75, 3.05) is 11.9 Å². The zero-order valence-electron chi connectivity index (χ0n) is 12.3. The average Bonchev–Trinajstić information content (AvgIpc) is 3.17. The fraction of sp³-hybridized carbons (Fsp3) is 0.438. The summed E-state index contributed by atoms with van der Waals surface area (Å²) in [6.07, 6.45) is 8.17. The number of piperidine rings is 1. The lowest BCUT2D eigenvalue weighted by atomic mass is 9.93. The van der Waals surface area contributed by atoms with Gasteiger partial charge in [-0.15, -0.1) is 0 Å². The molecule has 0 aromatic carbocycles. The molecule has 2 bridgehead atoms. The van der Waals surface area contributed by atoms with Crippen molar-refractivity contribution in [2.24, 2.45) is 5.92 Å². The zero-order valence-corrected chi connectivity index (χ0v) is 12.3. The van der Waals surface area contributed by atoms with Crippen LogP contribution in [0.3, 0.4) is 0 Å². The average molecular weight is 297 g/mol. The molecule has 0 spiro atoms. The number of likely N-dealkylation sites (tertiary alicyclic amines) is 1. The van der Waals surface area contributed by atoms with Crippen LogP contribution in [0.4, 0.5) is 5.82 Å². The van der Waals surface area contributed by atoms with E-state index in [-0.39, 0.29) is 11.9 Å². The van der Waals surface area contributed by atoms with Crippen LogP contribution in [0.5, 0.6) is 0 Å². The smallest absolute Gasteiger partial charge is 0.246 e. The fourth-order valence-corrected chi connectivity index (χ4v) is 3.86. The van der Waals surface area contributed by atoms with Crippen LogP contribution < -0.4 is 5.32 Å². The number of hydrogen-bond donors (Lipinski definition) is 2. The molecular weight excluding hydrogens is 278 g/mol. The van der Waals surface area contributed by atoms with Gasteiger partial charge in [0.05, 0.1) is 5.39 Å². The van der Waals surface area contributed by atoms with Gasteiger partial charge in [-0.25, -0.2) is 9.97 Å². The van der Waals surface area contributed by atoms with Crippen molar-refractivity contribution in [1.29, 1.82) is 0 Å². The number of carbonyl (C=O) groups excluding carboxylic acids is 1. The van der Waals surface area contributed by atoms with Crippen molar-refractivity contribution in [3.8, 4) is 0 Å². The van der Waals surface area contributed by atoms with Crippen molar-refractivity contribution in [3.05, 3.63) is 31.2 Å². The number of nitrogens with one attached hydrogen (secondary N) is 2. The molecule has 6 nitrogen and oxygen atoms in total. The molecule has 2 fully saturated rings. The maximum absolute atomic E-state index is 12.1. The summed E-state index contributed by atoms with van der Waals surface area (Å²) in [5, 5.41) is 4.54. The number of hydrogen-bond acceptors (Lipinski definition) is 4. The number of nitrogens with zero attached hydrogens (tertiary/aromatic N) is 3. The summed E-state index contributed by atoms with van der Waals surface area (Å²) >= 11 is 0. The molecule has 0 unspecified atom stereocenters. The Morgan fingerprint density at radius 1 is 1.45 bits per heavy atom. The Morgan fingerprint density at radius 2 is 2.36 bits per heavy atom. The number of aromatic amines is 1. The number of fused-ring (bicyclic) bond motifs is 3. The molecule has 2 aliphatic rings. The minimum Gasteiger partial charge on any atom is -0.365 e. The van der Waals surface area contributed by atoms with Gasteiger partial charge < -0.3 is 15.2 Å². The van der Waals surface area contributed by atoms with Crippen LogP contribution in [0, 0.1) is 5.92 Å². The van der Waals surface area contributed by atoms with E-state index in [4.69, 9.17) is 0 Å². The molecule has 2 aromatic heterocycles. The second kappa shape index (κ2) is 5.12. The predicted octanol–water partition coefficient (Wildman–Crippen LogP) is 1.94. The maximum Gasteiger partial charge on any atom is 0.246 e. The van der Waals surface area contributed by atoms with Crippen molar-refractivity contribution < 1.29 is 4.79 Å². The largest absolute Gasteiger partial charge is 0.365 e. The molecule has 6 heteroatoms. The van der Waals surface area contributed by atoms with Gasteiger partial charge in [-0.2, -0.15) is 0 Å². The predicted molar refractivity (Wildman–Crippen MR) is 84.3 cm³/mol. The monoisotopic (exact) mass is 297 g/mol. The van der Waals surface area contributed by atoms with Crippen molar-refractivity contribution >= 4 is 22.8 Å². The van der Waals surface area contributed by atoms with Gasteiger partial charge in [-0.05, 0) is 37.3 Å². The Labute approximate surface area is 128 Å². The van der Waals surface area contributed by atoms with Crippen LogP contribution >= 0.6 is 0 Å². The standard InChI is InChI=1S/C16H19N5O/c1-2-14(22)21-8-13(10-3-4-11(21)7-10)20-16-12-5-6-17-15(12)18-9-19-16/h2,5-6,9-11,13H,1,3-4,7-8H2,(H2,17,18,19,20)/t10-,11+,13+/m0/s1. The summed E-state index contributed by atoms with van der Waals surface area (Å²) in [5.74, 6) is 1.47. The number of carbonyl (C=O) groups is 1. The number of rotatable bonds is 3. The van der Waals surface area contributed by atoms with Crippen molar-refractivity contribution in [2.45, 2.75) is 31.3 Å². The van der Waals surface area contributed by atoms with Crippen LogP contribution in [0.2, 0.25) is 0 Å². The third kappa shape index (κ3) is 2.06. The van der Waals surface area contributed by atoms with Gasteiger partial charge in [0.2, 0.25) is 5.91 Å². The third-order valence-corrected chi connectivity index (χ3v) is 4.98. The van der Waals surface area contributed by atoms with E-state index in [1.54, 1.807) is 6.33 Å². The van der Waals surface area contributed by atoms with Gasteiger partial charge in [0.1, 0.15) is 17.8 Å². The Kier molecular flexibility index (Phi) is 3.10. The molecule has 0 radical (unpaired) electrons. The summed E-state index contributed by atoms with van der Waals surface area (Å²) in [6, 6.07) is 2.59. The van der Waals surface area contributed by atoms with Gasteiger partial charge in [-0.3, -0.25) is 4.79 Å². The molecule has 1 saturated heterocycles. The van der Waals surface area contributed by atoms with Gasteiger partial charge in [0, 0.05) is 24.8 Å². The molecule has 2 N–H and O–H groups in total. The lowest BCUT2D eigenvalue weighted by Crippen LogP contribution is -2.50. The molecule has 1 saturated carbocycles. The molecule has 1 amide bonds. The number of amides is 1. The van der Waals surface area contributed by atoms with E-state index >= 15 is 0 Å². The zero-order chi connectivity index (χ0) is 15.1. The summed E-state index contributed by atoms with van der Waals surface area (Å²) in [4.78, 5) is 25.7. The first-order chi connectivity index (χ1) is 10.8. The third-order valence-electron chi connectivity index (χ3n) is 4.98. The van der Waals surface area contributed by atoms with Crippen LogP contribution in [-0.4, -0.2) is 44.4 Å².